The molecule has 1 unspecified atom stereocenters. The molecule has 128 valence electrons. The van der Waals surface area contributed by atoms with Gasteiger partial charge in [-0.25, -0.2) is 0 Å². The van der Waals surface area contributed by atoms with Crippen LogP contribution < -0.4 is 5.32 Å². The first-order valence-electron chi connectivity index (χ1n) is 8.49. The fourth-order valence-corrected chi connectivity index (χ4v) is 2.94. The van der Waals surface area contributed by atoms with E-state index in [1.54, 1.807) is 7.11 Å². The molecule has 0 aromatic heterocycles. The molecule has 1 saturated heterocycles. The number of hydrogen-bond donors (Lipinski definition) is 2. The summed E-state index contributed by atoms with van der Waals surface area (Å²) < 4.78 is 10.6. The lowest BCUT2D eigenvalue weighted by atomic mass is 9.80. The van der Waals surface area contributed by atoms with Crippen molar-refractivity contribution < 1.29 is 14.6 Å². The van der Waals surface area contributed by atoms with Crippen molar-refractivity contribution in [2.24, 2.45) is 10.9 Å². The molecule has 2 aliphatic rings. The quantitative estimate of drug-likeness (QED) is 0.395. The van der Waals surface area contributed by atoms with Crippen LogP contribution in [0.1, 0.15) is 32.6 Å². The third-order valence-electron chi connectivity index (χ3n) is 4.51. The van der Waals surface area contributed by atoms with Crippen molar-refractivity contribution in [2.75, 3.05) is 53.1 Å². The zero-order valence-electron chi connectivity index (χ0n) is 14.0. The molecule has 1 aliphatic heterocycles. The third kappa shape index (κ3) is 5.11. The summed E-state index contributed by atoms with van der Waals surface area (Å²) in [6.45, 7) is 7.51. The summed E-state index contributed by atoms with van der Waals surface area (Å²) >= 11 is 0. The topological polar surface area (TPSA) is 66.3 Å². The average Bonchev–Trinajstić information content (AvgIpc) is 2.95. The number of aliphatic hydroxyl groups is 1. The zero-order valence-corrected chi connectivity index (χ0v) is 14.0. The third-order valence-corrected chi connectivity index (χ3v) is 4.51. The monoisotopic (exact) mass is 313 g/mol. The van der Waals surface area contributed by atoms with Gasteiger partial charge in [-0.1, -0.05) is 0 Å². The van der Waals surface area contributed by atoms with E-state index >= 15 is 0 Å². The fraction of sp³-hybridized carbons (Fsp3) is 0.938. The van der Waals surface area contributed by atoms with Gasteiger partial charge in [0.2, 0.25) is 0 Å². The summed E-state index contributed by atoms with van der Waals surface area (Å²) in [4.78, 5) is 6.94. The number of guanidine groups is 1. The van der Waals surface area contributed by atoms with E-state index in [9.17, 15) is 5.11 Å². The number of aliphatic imine (C=N–C) groups is 1. The van der Waals surface area contributed by atoms with Crippen molar-refractivity contribution >= 4 is 5.96 Å². The molecule has 22 heavy (non-hydrogen) atoms. The van der Waals surface area contributed by atoms with Gasteiger partial charge in [-0.3, -0.25) is 4.99 Å². The van der Waals surface area contributed by atoms with Gasteiger partial charge >= 0.3 is 0 Å². The molecule has 2 rings (SSSR count). The SMILES string of the molecule is CCNC(=NCC1(O)CCC1)N1CCC(COCCOC)C1. The molecule has 2 fully saturated rings. The molecular weight excluding hydrogens is 282 g/mol. The van der Waals surface area contributed by atoms with Gasteiger partial charge in [-0.2, -0.15) is 0 Å². The van der Waals surface area contributed by atoms with Gasteiger partial charge in [-0.05, 0) is 32.6 Å². The second kappa shape index (κ2) is 8.70. The van der Waals surface area contributed by atoms with Crippen LogP contribution >= 0.6 is 0 Å². The summed E-state index contributed by atoms with van der Waals surface area (Å²) in [5.74, 6) is 1.48. The van der Waals surface area contributed by atoms with E-state index in [-0.39, 0.29) is 0 Å². The molecule has 0 bridgehead atoms. The number of likely N-dealkylation sites (tertiary alicyclic amines) is 1. The number of ether oxygens (including phenoxy) is 2. The van der Waals surface area contributed by atoms with Gasteiger partial charge < -0.3 is 24.8 Å². The number of nitrogens with zero attached hydrogens (tertiary/aromatic N) is 2. The lowest BCUT2D eigenvalue weighted by Crippen LogP contribution is -2.44. The van der Waals surface area contributed by atoms with Crippen molar-refractivity contribution in [1.82, 2.24) is 10.2 Å². The predicted molar refractivity (Wildman–Crippen MR) is 87.2 cm³/mol. The van der Waals surface area contributed by atoms with Gasteiger partial charge in [0, 0.05) is 32.7 Å². The molecule has 0 amide bonds. The van der Waals surface area contributed by atoms with E-state index in [1.165, 1.54) is 0 Å². The molecule has 1 aliphatic carbocycles. The average molecular weight is 313 g/mol. The molecule has 0 spiro atoms. The van der Waals surface area contributed by atoms with E-state index in [2.05, 4.69) is 22.1 Å². The Labute approximate surface area is 133 Å². The Balaban J connectivity index is 1.78. The van der Waals surface area contributed by atoms with Crippen LogP contribution in [0.4, 0.5) is 0 Å². The van der Waals surface area contributed by atoms with Crippen LogP contribution in [0.2, 0.25) is 0 Å². The zero-order chi connectivity index (χ0) is 15.8. The maximum atomic E-state index is 10.2. The Bertz CT molecular complexity index is 359. The number of rotatable bonds is 8. The molecule has 1 heterocycles. The van der Waals surface area contributed by atoms with Crippen LogP contribution in [0.25, 0.3) is 0 Å². The highest BCUT2D eigenvalue weighted by Gasteiger charge is 2.34. The van der Waals surface area contributed by atoms with Crippen LogP contribution in [0.3, 0.4) is 0 Å². The summed E-state index contributed by atoms with van der Waals surface area (Å²) in [6, 6.07) is 0. The second-order valence-corrected chi connectivity index (χ2v) is 6.42. The normalized spacial score (nSPS) is 24.4. The number of hydrogen-bond acceptors (Lipinski definition) is 4. The lowest BCUT2D eigenvalue weighted by Gasteiger charge is -2.35. The molecule has 6 heteroatoms. The highest BCUT2D eigenvalue weighted by atomic mass is 16.5. The van der Waals surface area contributed by atoms with Crippen LogP contribution in [0.15, 0.2) is 4.99 Å². The van der Waals surface area contributed by atoms with Crippen molar-refractivity contribution in [3.8, 4) is 0 Å². The van der Waals surface area contributed by atoms with Gasteiger partial charge in [0.05, 0.1) is 32.0 Å². The van der Waals surface area contributed by atoms with Gasteiger partial charge in [0.1, 0.15) is 0 Å². The Morgan fingerprint density at radius 2 is 2.23 bits per heavy atom. The van der Waals surface area contributed by atoms with E-state index in [0.29, 0.717) is 25.7 Å². The minimum absolute atomic E-state index is 0.515. The maximum Gasteiger partial charge on any atom is 0.194 e. The maximum absolute atomic E-state index is 10.2. The summed E-state index contributed by atoms with van der Waals surface area (Å²) in [5, 5.41) is 13.5. The molecule has 1 atom stereocenters. The molecule has 2 N–H and O–H groups in total. The summed E-state index contributed by atoms with van der Waals surface area (Å²) in [5.41, 5.74) is -0.553. The molecular formula is C16H31N3O3. The van der Waals surface area contributed by atoms with Crippen molar-refractivity contribution in [3.63, 3.8) is 0 Å². The minimum Gasteiger partial charge on any atom is -0.388 e. The lowest BCUT2D eigenvalue weighted by molar-refractivity contribution is -0.0237. The Kier molecular flexibility index (Phi) is 6.92. The Morgan fingerprint density at radius 1 is 1.41 bits per heavy atom. The van der Waals surface area contributed by atoms with Crippen LogP contribution in [-0.2, 0) is 9.47 Å². The Hall–Kier alpha value is -0.850. The van der Waals surface area contributed by atoms with Gasteiger partial charge in [0.25, 0.3) is 0 Å². The minimum atomic E-state index is -0.553. The highest BCUT2D eigenvalue weighted by molar-refractivity contribution is 5.80. The molecule has 0 radical (unpaired) electrons. The van der Waals surface area contributed by atoms with E-state index in [4.69, 9.17) is 9.47 Å². The fourth-order valence-electron chi connectivity index (χ4n) is 2.94. The Morgan fingerprint density at radius 3 is 2.86 bits per heavy atom. The second-order valence-electron chi connectivity index (χ2n) is 6.42. The van der Waals surface area contributed by atoms with Crippen LogP contribution in [0, 0.1) is 5.92 Å². The summed E-state index contributed by atoms with van der Waals surface area (Å²) in [7, 11) is 1.69. The molecule has 0 aromatic rings. The first-order chi connectivity index (χ1) is 10.7. The van der Waals surface area contributed by atoms with Crippen LogP contribution in [-0.4, -0.2) is 74.7 Å². The molecule has 1 saturated carbocycles. The highest BCUT2D eigenvalue weighted by Crippen LogP contribution is 2.31. The van der Waals surface area contributed by atoms with Crippen molar-refractivity contribution in [3.05, 3.63) is 0 Å². The molecule has 0 aromatic carbocycles. The standard InChI is InChI=1S/C16H31N3O3/c1-3-17-15(18-13-16(20)6-4-7-16)19-8-5-14(11-19)12-22-10-9-21-2/h14,20H,3-13H2,1-2H3,(H,17,18). The van der Waals surface area contributed by atoms with E-state index in [0.717, 1.165) is 57.9 Å². The van der Waals surface area contributed by atoms with Crippen molar-refractivity contribution in [1.29, 1.82) is 0 Å². The first-order valence-corrected chi connectivity index (χ1v) is 8.49. The number of nitrogens with one attached hydrogen (secondary N) is 1. The smallest absolute Gasteiger partial charge is 0.194 e. The number of methoxy groups -OCH3 is 1. The largest absolute Gasteiger partial charge is 0.388 e. The van der Waals surface area contributed by atoms with E-state index in [1.807, 2.05) is 0 Å². The van der Waals surface area contributed by atoms with E-state index < -0.39 is 5.60 Å². The molecule has 6 nitrogen and oxygen atoms in total. The summed E-state index contributed by atoms with van der Waals surface area (Å²) in [6.07, 6.45) is 4.01. The van der Waals surface area contributed by atoms with Crippen molar-refractivity contribution in [2.45, 2.75) is 38.2 Å². The van der Waals surface area contributed by atoms with Gasteiger partial charge in [-0.15, -0.1) is 0 Å². The van der Waals surface area contributed by atoms with Gasteiger partial charge in [0.15, 0.2) is 5.96 Å². The van der Waals surface area contributed by atoms with Crippen LogP contribution in [0.5, 0.6) is 0 Å². The predicted octanol–water partition coefficient (Wildman–Crippen LogP) is 0.852. The first kappa shape index (κ1) is 17.5.